The highest BCUT2D eigenvalue weighted by atomic mass is 16.1. The second-order valence-corrected chi connectivity index (χ2v) is 6.64. The third-order valence-corrected chi connectivity index (χ3v) is 4.51. The molecule has 0 unspecified atom stereocenters. The van der Waals surface area contributed by atoms with Gasteiger partial charge >= 0.3 is 0 Å². The minimum atomic E-state index is -0.0636. The summed E-state index contributed by atoms with van der Waals surface area (Å²) in [4.78, 5) is 25.9. The number of hydrogen-bond acceptors (Lipinski definition) is 4. The van der Waals surface area contributed by atoms with E-state index in [1.165, 1.54) is 0 Å². The van der Waals surface area contributed by atoms with Crippen molar-refractivity contribution in [2.45, 2.75) is 19.8 Å². The molecule has 0 fully saturated rings. The summed E-state index contributed by atoms with van der Waals surface area (Å²) >= 11 is 0. The zero-order valence-electron chi connectivity index (χ0n) is 16.0. The molecule has 0 heterocycles. The molecule has 0 saturated heterocycles. The summed E-state index contributed by atoms with van der Waals surface area (Å²) in [6.45, 7) is 7.87. The normalized spacial score (nSPS) is 10.6. The van der Waals surface area contributed by atoms with Crippen molar-refractivity contribution < 1.29 is 9.59 Å². The van der Waals surface area contributed by atoms with Gasteiger partial charge in [-0.15, -0.1) is 0 Å². The van der Waals surface area contributed by atoms with Gasteiger partial charge in [-0.3, -0.25) is 15.0 Å². The van der Waals surface area contributed by atoms with Crippen molar-refractivity contribution in [2.24, 2.45) is 0 Å². The number of hydrogen-bond donors (Lipinski definition) is 1. The molecule has 2 aromatic rings. The Labute approximate surface area is 161 Å². The fraction of sp³-hybridized carbons (Fsp3) is 0.261. The average Bonchev–Trinajstić information content (AvgIpc) is 2.71. The highest BCUT2D eigenvalue weighted by Crippen LogP contribution is 2.16. The fourth-order valence-electron chi connectivity index (χ4n) is 2.91. The molecule has 2 rings (SSSR count). The smallest absolute Gasteiger partial charge is 0.188 e. The number of nitrogens with zero attached hydrogens (tertiary/aromatic N) is 1. The van der Waals surface area contributed by atoms with Crippen molar-refractivity contribution in [1.82, 2.24) is 4.90 Å². The first kappa shape index (κ1) is 20.5. The van der Waals surface area contributed by atoms with E-state index in [2.05, 4.69) is 18.4 Å². The summed E-state index contributed by atoms with van der Waals surface area (Å²) in [6, 6.07) is 13.9. The van der Waals surface area contributed by atoms with Crippen molar-refractivity contribution in [3.63, 3.8) is 0 Å². The van der Waals surface area contributed by atoms with Gasteiger partial charge in [-0.2, -0.15) is 0 Å². The molecule has 0 radical (unpaired) electrons. The van der Waals surface area contributed by atoms with E-state index in [4.69, 9.17) is 5.41 Å². The molecule has 1 N–H and O–H groups in total. The molecule has 0 amide bonds. The van der Waals surface area contributed by atoms with Crippen LogP contribution in [-0.2, 0) is 0 Å². The van der Waals surface area contributed by atoms with Crippen LogP contribution in [0.25, 0.3) is 0 Å². The standard InChI is InChI=1S/C23H26N2O2/c1-4-14-25(3)15-13-17(2)23(27)19-11-9-18(10-12-19)22(24)21-8-6-5-7-20(21)16-26/h5-12,16,24H,2,4,13-15H2,1,3H3. The zero-order valence-corrected chi connectivity index (χ0v) is 16.0. The third kappa shape index (κ3) is 5.31. The van der Waals surface area contributed by atoms with Gasteiger partial charge in [-0.25, -0.2) is 0 Å². The van der Waals surface area contributed by atoms with Crippen LogP contribution in [0.2, 0.25) is 0 Å². The highest BCUT2D eigenvalue weighted by molar-refractivity contribution is 6.15. The van der Waals surface area contributed by atoms with Crippen molar-refractivity contribution in [2.75, 3.05) is 20.1 Å². The number of Topliss-reactive ketones (excluding diaryl/α,β-unsaturated/α-hetero) is 1. The summed E-state index contributed by atoms with van der Waals surface area (Å²) < 4.78 is 0. The number of ketones is 1. The van der Waals surface area contributed by atoms with Gasteiger partial charge in [0.15, 0.2) is 12.1 Å². The van der Waals surface area contributed by atoms with E-state index in [1.807, 2.05) is 7.05 Å². The monoisotopic (exact) mass is 362 g/mol. The summed E-state index contributed by atoms with van der Waals surface area (Å²) in [5.74, 6) is -0.0636. The molecule has 0 bridgehead atoms. The van der Waals surface area contributed by atoms with Crippen molar-refractivity contribution >= 4 is 17.8 Å². The van der Waals surface area contributed by atoms with Crippen LogP contribution in [0.4, 0.5) is 0 Å². The molecule has 4 heteroatoms. The molecule has 0 atom stereocenters. The predicted octanol–water partition coefficient (Wildman–Crippen LogP) is 4.39. The SMILES string of the molecule is C=C(CCN(C)CCC)C(=O)c1ccc(C(=N)c2ccccc2C=O)cc1. The number of rotatable bonds is 10. The van der Waals surface area contributed by atoms with Gasteiger partial charge in [0.2, 0.25) is 0 Å². The maximum Gasteiger partial charge on any atom is 0.188 e. The predicted molar refractivity (Wildman–Crippen MR) is 110 cm³/mol. The highest BCUT2D eigenvalue weighted by Gasteiger charge is 2.13. The summed E-state index contributed by atoms with van der Waals surface area (Å²) in [7, 11) is 2.04. The van der Waals surface area contributed by atoms with Gasteiger partial charge in [0, 0.05) is 28.8 Å². The molecular formula is C23H26N2O2. The van der Waals surface area contributed by atoms with Crippen molar-refractivity contribution in [3.05, 3.63) is 82.9 Å². The Morgan fingerprint density at radius 3 is 2.33 bits per heavy atom. The minimum Gasteiger partial charge on any atom is -0.306 e. The van der Waals surface area contributed by atoms with Gasteiger partial charge in [-0.1, -0.05) is 62.0 Å². The van der Waals surface area contributed by atoms with E-state index in [0.717, 1.165) is 25.8 Å². The van der Waals surface area contributed by atoms with Gasteiger partial charge in [-0.05, 0) is 32.0 Å². The lowest BCUT2D eigenvalue weighted by Crippen LogP contribution is -2.21. The molecule has 140 valence electrons. The van der Waals surface area contributed by atoms with E-state index < -0.39 is 0 Å². The molecule has 0 saturated carbocycles. The molecule has 4 nitrogen and oxygen atoms in total. The number of aldehydes is 1. The van der Waals surface area contributed by atoms with Gasteiger partial charge < -0.3 is 4.90 Å². The second kappa shape index (κ2) is 9.74. The molecule has 27 heavy (non-hydrogen) atoms. The van der Waals surface area contributed by atoms with E-state index in [1.54, 1.807) is 48.5 Å². The molecule has 2 aromatic carbocycles. The Hall–Kier alpha value is -2.85. The van der Waals surface area contributed by atoms with Crippen LogP contribution >= 0.6 is 0 Å². The Morgan fingerprint density at radius 1 is 1.07 bits per heavy atom. The zero-order chi connectivity index (χ0) is 19.8. The molecular weight excluding hydrogens is 336 g/mol. The van der Waals surface area contributed by atoms with Crippen LogP contribution in [0.1, 0.15) is 51.6 Å². The Kier molecular flexibility index (Phi) is 7.38. The van der Waals surface area contributed by atoms with Crippen LogP contribution in [0.5, 0.6) is 0 Å². The lowest BCUT2D eigenvalue weighted by Gasteiger charge is -2.15. The fourth-order valence-corrected chi connectivity index (χ4v) is 2.91. The number of carbonyl (C=O) groups is 2. The lowest BCUT2D eigenvalue weighted by atomic mass is 9.95. The maximum atomic E-state index is 12.5. The third-order valence-electron chi connectivity index (χ3n) is 4.51. The number of carbonyl (C=O) groups excluding carboxylic acids is 2. The van der Waals surface area contributed by atoms with Gasteiger partial charge in [0.05, 0.1) is 5.71 Å². The first-order chi connectivity index (χ1) is 13.0. The van der Waals surface area contributed by atoms with E-state index in [9.17, 15) is 9.59 Å². The molecule has 0 spiro atoms. The van der Waals surface area contributed by atoms with Crippen molar-refractivity contribution in [3.8, 4) is 0 Å². The van der Waals surface area contributed by atoms with Crippen LogP contribution in [-0.4, -0.2) is 42.8 Å². The summed E-state index contributed by atoms with van der Waals surface area (Å²) in [6.07, 6.45) is 2.47. The summed E-state index contributed by atoms with van der Waals surface area (Å²) in [5, 5.41) is 8.36. The summed E-state index contributed by atoms with van der Waals surface area (Å²) in [5.41, 5.74) is 3.14. The van der Waals surface area contributed by atoms with E-state index in [0.29, 0.717) is 34.2 Å². The average molecular weight is 362 g/mol. The first-order valence-electron chi connectivity index (χ1n) is 9.12. The largest absolute Gasteiger partial charge is 0.306 e. The Balaban J connectivity index is 2.08. The van der Waals surface area contributed by atoms with Crippen LogP contribution in [0.15, 0.2) is 60.7 Å². The Morgan fingerprint density at radius 2 is 1.70 bits per heavy atom. The van der Waals surface area contributed by atoms with Crippen LogP contribution in [0, 0.1) is 5.41 Å². The van der Waals surface area contributed by atoms with Gasteiger partial charge in [0.25, 0.3) is 0 Å². The lowest BCUT2D eigenvalue weighted by molar-refractivity contribution is 0.102. The van der Waals surface area contributed by atoms with Crippen LogP contribution < -0.4 is 0 Å². The van der Waals surface area contributed by atoms with E-state index in [-0.39, 0.29) is 11.5 Å². The molecule has 0 aromatic heterocycles. The van der Waals surface area contributed by atoms with Gasteiger partial charge in [0.1, 0.15) is 0 Å². The second-order valence-electron chi connectivity index (χ2n) is 6.64. The molecule has 0 aliphatic rings. The maximum absolute atomic E-state index is 12.5. The first-order valence-corrected chi connectivity index (χ1v) is 9.12. The Bertz CT molecular complexity index is 838. The van der Waals surface area contributed by atoms with Crippen molar-refractivity contribution in [1.29, 1.82) is 5.41 Å². The van der Waals surface area contributed by atoms with Crippen LogP contribution in [0.3, 0.4) is 0 Å². The van der Waals surface area contributed by atoms with E-state index >= 15 is 0 Å². The number of nitrogens with one attached hydrogen (secondary N) is 1. The molecule has 0 aliphatic heterocycles. The topological polar surface area (TPSA) is 61.2 Å². The minimum absolute atomic E-state index is 0.0636. The number of benzene rings is 2. The molecule has 0 aliphatic carbocycles. The quantitative estimate of drug-likeness (QED) is 0.295.